The number of hydrogen-bond donors (Lipinski definition) is 3. The number of nitrogens with one attached hydrogen (secondary N) is 2. The van der Waals surface area contributed by atoms with Gasteiger partial charge in [-0.1, -0.05) is 11.8 Å². The van der Waals surface area contributed by atoms with E-state index in [2.05, 4.69) is 15.4 Å². The molecule has 1 atom stereocenters. The number of H-pyrrole nitrogens is 1. The average molecular weight is 286 g/mol. The molecule has 0 aliphatic heterocycles. The Morgan fingerprint density at radius 3 is 2.89 bits per heavy atom. The van der Waals surface area contributed by atoms with Gasteiger partial charge >= 0.3 is 17.1 Å². The van der Waals surface area contributed by atoms with Crippen molar-refractivity contribution in [2.24, 2.45) is 7.05 Å². The van der Waals surface area contributed by atoms with Gasteiger partial charge in [-0.05, 0) is 12.8 Å². The predicted molar refractivity (Wildman–Crippen MR) is 68.4 cm³/mol. The number of carbonyl (C=O) groups is 1. The summed E-state index contributed by atoms with van der Waals surface area (Å²) in [5.41, 5.74) is -1.67. The number of aryl methyl sites for hydroxylation is 1. The fourth-order valence-corrected chi connectivity index (χ4v) is 2.41. The van der Waals surface area contributed by atoms with E-state index in [0.717, 1.165) is 24.6 Å². The van der Waals surface area contributed by atoms with Crippen LogP contribution in [0.25, 0.3) is 0 Å². The lowest BCUT2D eigenvalue weighted by atomic mass is 10.3. The smallest absolute Gasteiger partial charge is 0.339 e. The van der Waals surface area contributed by atoms with Crippen LogP contribution in [0.1, 0.15) is 12.8 Å². The maximum absolute atomic E-state index is 11.1. The minimum atomic E-state index is -0.936. The molecule has 1 unspecified atom stereocenters. The average Bonchev–Trinajstić information content (AvgIpc) is 3.14. The van der Waals surface area contributed by atoms with E-state index in [1.54, 1.807) is 7.05 Å². The third kappa shape index (κ3) is 3.67. The monoisotopic (exact) mass is 286 g/mol. The maximum Gasteiger partial charge on any atom is 0.339 e. The number of aliphatic carboxylic acids is 1. The van der Waals surface area contributed by atoms with Crippen molar-refractivity contribution in [2.45, 2.75) is 30.1 Å². The van der Waals surface area contributed by atoms with Gasteiger partial charge in [0.1, 0.15) is 6.04 Å². The molecule has 19 heavy (non-hydrogen) atoms. The van der Waals surface area contributed by atoms with Gasteiger partial charge in [-0.2, -0.15) is 4.98 Å². The lowest BCUT2D eigenvalue weighted by Gasteiger charge is -2.13. The number of hydrogen-bond acceptors (Lipinski definition) is 6. The number of aromatic nitrogens is 3. The zero-order valence-corrected chi connectivity index (χ0v) is 11.1. The van der Waals surface area contributed by atoms with E-state index in [-0.39, 0.29) is 17.0 Å². The standard InChI is InChI=1S/C10H14N4O4S/c1-14-10(12-7(15)8(16)13-14)19-4-6(9(17)18)11-5-2-3-5/h5-6,11H,2-4H2,1H3,(H,13,16)(H,17,18). The van der Waals surface area contributed by atoms with Gasteiger partial charge in [0.05, 0.1) is 0 Å². The van der Waals surface area contributed by atoms with E-state index in [1.807, 2.05) is 0 Å². The highest BCUT2D eigenvalue weighted by atomic mass is 32.2. The second kappa shape index (κ2) is 5.57. The van der Waals surface area contributed by atoms with Crippen molar-refractivity contribution < 1.29 is 9.90 Å². The number of rotatable bonds is 6. The van der Waals surface area contributed by atoms with Gasteiger partial charge in [-0.25, -0.2) is 0 Å². The number of aromatic amines is 1. The highest BCUT2D eigenvalue weighted by molar-refractivity contribution is 7.99. The van der Waals surface area contributed by atoms with E-state index in [1.165, 1.54) is 4.68 Å². The van der Waals surface area contributed by atoms with E-state index in [4.69, 9.17) is 5.11 Å². The second-order valence-electron chi connectivity index (χ2n) is 4.34. The summed E-state index contributed by atoms with van der Waals surface area (Å²) in [6.07, 6.45) is 1.98. The molecule has 9 heteroatoms. The largest absolute Gasteiger partial charge is 0.480 e. The molecule has 104 valence electrons. The fourth-order valence-electron chi connectivity index (χ4n) is 1.47. The number of carboxylic acids is 1. The molecule has 2 rings (SSSR count). The van der Waals surface area contributed by atoms with Gasteiger partial charge in [0.25, 0.3) is 0 Å². The van der Waals surface area contributed by atoms with E-state index >= 15 is 0 Å². The van der Waals surface area contributed by atoms with Crippen molar-refractivity contribution in [1.29, 1.82) is 0 Å². The Bertz CT molecular complexity index is 592. The van der Waals surface area contributed by atoms with Gasteiger partial charge < -0.3 is 10.4 Å². The minimum Gasteiger partial charge on any atom is -0.480 e. The van der Waals surface area contributed by atoms with Crippen LogP contribution < -0.4 is 16.4 Å². The van der Waals surface area contributed by atoms with E-state index < -0.39 is 23.1 Å². The fraction of sp³-hybridized carbons (Fsp3) is 0.600. The van der Waals surface area contributed by atoms with Crippen LogP contribution in [0.2, 0.25) is 0 Å². The normalized spacial score (nSPS) is 16.3. The Labute approximate surface area is 112 Å². The first-order valence-electron chi connectivity index (χ1n) is 5.76. The number of nitrogens with zero attached hydrogens (tertiary/aromatic N) is 2. The first-order chi connectivity index (χ1) is 8.97. The zero-order valence-electron chi connectivity index (χ0n) is 10.3. The van der Waals surface area contributed by atoms with Gasteiger partial charge in [0.15, 0.2) is 5.16 Å². The lowest BCUT2D eigenvalue weighted by molar-refractivity contribution is -0.138. The summed E-state index contributed by atoms with van der Waals surface area (Å²) in [6.45, 7) is 0. The first kappa shape index (κ1) is 13.8. The summed E-state index contributed by atoms with van der Waals surface area (Å²) in [5.74, 6) is -0.702. The minimum absolute atomic E-state index is 0.234. The molecule has 3 N–H and O–H groups in total. The van der Waals surface area contributed by atoms with Crippen LogP contribution in [0, 0.1) is 0 Å². The molecule has 0 amide bonds. The summed E-state index contributed by atoms with van der Waals surface area (Å²) in [6, 6.07) is -0.421. The summed E-state index contributed by atoms with van der Waals surface area (Å²) in [4.78, 5) is 36.8. The Morgan fingerprint density at radius 2 is 2.32 bits per heavy atom. The number of carboxylic acid groups (broad SMARTS) is 1. The molecule has 1 saturated carbocycles. The summed E-state index contributed by atoms with van der Waals surface area (Å²) >= 11 is 1.11. The van der Waals surface area contributed by atoms with Crippen LogP contribution >= 0.6 is 11.8 Å². The molecule has 1 aliphatic rings. The Balaban J connectivity index is 2.03. The summed E-state index contributed by atoms with van der Waals surface area (Å²) in [5, 5.41) is 14.7. The van der Waals surface area contributed by atoms with Crippen LogP contribution in [0.15, 0.2) is 14.7 Å². The molecule has 0 radical (unpaired) electrons. The Hall–Kier alpha value is -1.61. The second-order valence-corrected chi connectivity index (χ2v) is 5.33. The molecule has 1 fully saturated rings. The molecule has 1 aliphatic carbocycles. The van der Waals surface area contributed by atoms with Gasteiger partial charge in [0, 0.05) is 18.8 Å². The van der Waals surface area contributed by atoms with Crippen molar-refractivity contribution in [3.8, 4) is 0 Å². The highest BCUT2D eigenvalue weighted by Gasteiger charge is 2.28. The zero-order chi connectivity index (χ0) is 14.0. The SMILES string of the molecule is Cn1[nH]c(=O)c(=O)nc1SCC(NC1CC1)C(=O)O. The van der Waals surface area contributed by atoms with Crippen LogP contribution in [0.4, 0.5) is 0 Å². The molecule has 1 heterocycles. The lowest BCUT2D eigenvalue weighted by Crippen LogP contribution is -2.40. The van der Waals surface area contributed by atoms with Crippen molar-refractivity contribution in [1.82, 2.24) is 20.1 Å². The molecule has 0 aromatic carbocycles. The summed E-state index contributed by atoms with van der Waals surface area (Å²) in [7, 11) is 1.54. The quantitative estimate of drug-likeness (QED) is 0.442. The van der Waals surface area contributed by atoms with Crippen LogP contribution in [-0.2, 0) is 11.8 Å². The topological polar surface area (TPSA) is 117 Å². The van der Waals surface area contributed by atoms with Gasteiger partial charge in [-0.3, -0.25) is 24.2 Å². The van der Waals surface area contributed by atoms with Crippen molar-refractivity contribution >= 4 is 17.7 Å². The Morgan fingerprint density at radius 1 is 1.63 bits per heavy atom. The van der Waals surface area contributed by atoms with E-state index in [0.29, 0.717) is 0 Å². The molecule has 8 nitrogen and oxygen atoms in total. The Kier molecular flexibility index (Phi) is 4.05. The maximum atomic E-state index is 11.1. The molecular weight excluding hydrogens is 272 g/mol. The highest BCUT2D eigenvalue weighted by Crippen LogP contribution is 2.21. The van der Waals surface area contributed by atoms with Crippen LogP contribution in [-0.4, -0.2) is 43.7 Å². The molecule has 1 aromatic rings. The molecule has 0 bridgehead atoms. The van der Waals surface area contributed by atoms with Gasteiger partial charge in [0.2, 0.25) is 0 Å². The summed E-state index contributed by atoms with van der Waals surface area (Å²) < 4.78 is 1.31. The van der Waals surface area contributed by atoms with Gasteiger partial charge in [-0.15, -0.1) is 0 Å². The molecule has 0 saturated heterocycles. The molecule has 1 aromatic heterocycles. The third-order valence-electron chi connectivity index (χ3n) is 2.64. The van der Waals surface area contributed by atoms with Crippen molar-refractivity contribution in [3.63, 3.8) is 0 Å². The number of thioether (sulfide) groups is 1. The molecular formula is C10H14N4O4S. The van der Waals surface area contributed by atoms with E-state index in [9.17, 15) is 14.4 Å². The van der Waals surface area contributed by atoms with Crippen molar-refractivity contribution in [3.05, 3.63) is 20.7 Å². The van der Waals surface area contributed by atoms with Crippen LogP contribution in [0.3, 0.4) is 0 Å². The van der Waals surface area contributed by atoms with Crippen LogP contribution in [0.5, 0.6) is 0 Å². The van der Waals surface area contributed by atoms with Crippen molar-refractivity contribution in [2.75, 3.05) is 5.75 Å². The predicted octanol–water partition coefficient (Wildman–Crippen LogP) is -1.23. The third-order valence-corrected chi connectivity index (χ3v) is 3.76. The first-order valence-corrected chi connectivity index (χ1v) is 6.75. The molecule has 0 spiro atoms.